The molecule has 1 aromatic rings. The topological polar surface area (TPSA) is 82.7 Å². The van der Waals surface area contributed by atoms with Gasteiger partial charge in [-0.15, -0.1) is 0 Å². The summed E-state index contributed by atoms with van der Waals surface area (Å²) in [4.78, 5) is 11.2. The Labute approximate surface area is 117 Å². The fourth-order valence-electron chi connectivity index (χ4n) is 3.47. The van der Waals surface area contributed by atoms with Gasteiger partial charge in [0.1, 0.15) is 0 Å². The highest BCUT2D eigenvalue weighted by Gasteiger charge is 2.62. The predicted octanol–water partition coefficient (Wildman–Crippen LogP) is 1.91. The van der Waals surface area contributed by atoms with Gasteiger partial charge >= 0.3 is 5.97 Å². The highest BCUT2D eigenvalue weighted by molar-refractivity contribution is 5.75. The lowest BCUT2D eigenvalue weighted by molar-refractivity contribution is -0.139. The lowest BCUT2D eigenvalue weighted by atomic mass is 10.0. The Bertz CT molecular complexity index is 580. The van der Waals surface area contributed by atoms with Gasteiger partial charge in [0.2, 0.25) is 0 Å². The van der Waals surface area contributed by atoms with Crippen molar-refractivity contribution >= 4 is 5.97 Å². The maximum atomic E-state index is 11.2. The lowest BCUT2D eigenvalue weighted by Crippen LogP contribution is -2.05. The van der Waals surface area contributed by atoms with E-state index < -0.39 is 11.9 Å². The Kier molecular flexibility index (Phi) is 2.64. The minimum atomic E-state index is -0.808. The minimum absolute atomic E-state index is 0.0707. The summed E-state index contributed by atoms with van der Waals surface area (Å²) in [5.41, 5.74) is 1.22. The Balaban J connectivity index is 1.90. The van der Waals surface area contributed by atoms with E-state index in [1.165, 1.54) is 4.57 Å². The molecule has 0 aromatic carbocycles. The number of fused-ring (bicyclic) bond motifs is 1. The number of hydrogen-bond acceptors (Lipinski definition) is 3. The zero-order valence-electron chi connectivity index (χ0n) is 11.6. The van der Waals surface area contributed by atoms with Gasteiger partial charge in [0.15, 0.2) is 11.8 Å². The average molecular weight is 277 g/mol. The van der Waals surface area contributed by atoms with E-state index >= 15 is 0 Å². The summed E-state index contributed by atoms with van der Waals surface area (Å²) in [6.45, 7) is 4.17. The number of rotatable bonds is 3. The third-order valence-corrected chi connectivity index (χ3v) is 4.92. The van der Waals surface area contributed by atoms with Crippen LogP contribution in [-0.2, 0) is 24.2 Å². The van der Waals surface area contributed by atoms with E-state index in [0.717, 1.165) is 11.1 Å². The second kappa shape index (κ2) is 4.04. The second-order valence-electron chi connectivity index (χ2n) is 6.34. The molecule has 5 heteroatoms. The molecule has 3 rings (SSSR count). The van der Waals surface area contributed by atoms with Crippen LogP contribution in [0, 0.1) is 17.3 Å². The summed E-state index contributed by atoms with van der Waals surface area (Å²) in [5, 5.41) is 29.7. The highest BCUT2D eigenvalue weighted by atomic mass is 16.4. The van der Waals surface area contributed by atoms with Crippen LogP contribution in [-0.4, -0.2) is 25.9 Å². The summed E-state index contributed by atoms with van der Waals surface area (Å²) >= 11 is 0. The monoisotopic (exact) mass is 277 g/mol. The van der Waals surface area contributed by atoms with E-state index in [1.807, 2.05) is 26.0 Å². The molecule has 1 saturated carbocycles. The first kappa shape index (κ1) is 13.1. The average Bonchev–Trinajstić information content (AvgIpc) is 2.86. The number of carbonyl (C=O) groups is 1. The summed E-state index contributed by atoms with van der Waals surface area (Å²) in [6.07, 6.45) is 5.15. The van der Waals surface area contributed by atoms with Crippen LogP contribution in [0.1, 0.15) is 25.0 Å². The first-order valence-corrected chi connectivity index (χ1v) is 6.85. The van der Waals surface area contributed by atoms with E-state index in [1.54, 1.807) is 0 Å². The Morgan fingerprint density at radius 3 is 2.15 bits per heavy atom. The molecule has 2 aliphatic rings. The van der Waals surface area contributed by atoms with Crippen molar-refractivity contribution in [2.24, 2.45) is 17.3 Å². The first-order valence-electron chi connectivity index (χ1n) is 6.85. The number of carboxylic acid groups (broad SMARTS) is 1. The molecule has 1 heterocycles. The molecule has 2 unspecified atom stereocenters. The van der Waals surface area contributed by atoms with E-state index in [-0.39, 0.29) is 23.1 Å². The molecule has 5 nitrogen and oxygen atoms in total. The van der Waals surface area contributed by atoms with Crippen LogP contribution in [0.2, 0.25) is 0 Å². The number of aromatic hydroxyl groups is 2. The van der Waals surface area contributed by atoms with Gasteiger partial charge in [0, 0.05) is 17.7 Å². The van der Waals surface area contributed by atoms with Crippen molar-refractivity contribution in [3.63, 3.8) is 0 Å². The minimum Gasteiger partial charge on any atom is -0.494 e. The molecule has 2 aliphatic carbocycles. The summed E-state index contributed by atoms with van der Waals surface area (Å²) in [6, 6.07) is 0. The largest absolute Gasteiger partial charge is 0.494 e. The Hall–Kier alpha value is -1.91. The molecule has 0 radical (unpaired) electrons. The fraction of sp³-hybridized carbons (Fsp3) is 0.533. The SMILES string of the molecule is CC1(C)C(Cn2c(O)c3c(c2O)CC=CC3)C1C(=O)O. The molecule has 108 valence electrons. The second-order valence-corrected chi connectivity index (χ2v) is 6.34. The molecule has 0 saturated heterocycles. The van der Waals surface area contributed by atoms with Gasteiger partial charge in [-0.05, 0) is 24.2 Å². The van der Waals surface area contributed by atoms with Crippen LogP contribution in [0.4, 0.5) is 0 Å². The van der Waals surface area contributed by atoms with Crippen molar-refractivity contribution in [1.29, 1.82) is 0 Å². The van der Waals surface area contributed by atoms with Crippen molar-refractivity contribution < 1.29 is 20.1 Å². The van der Waals surface area contributed by atoms with E-state index in [4.69, 9.17) is 0 Å². The quantitative estimate of drug-likeness (QED) is 0.737. The van der Waals surface area contributed by atoms with Crippen LogP contribution in [0.15, 0.2) is 12.2 Å². The number of nitrogens with zero attached hydrogens (tertiary/aromatic N) is 1. The first-order chi connectivity index (χ1) is 9.35. The van der Waals surface area contributed by atoms with E-state index in [2.05, 4.69) is 0 Å². The van der Waals surface area contributed by atoms with Gasteiger partial charge in [-0.25, -0.2) is 0 Å². The Morgan fingerprint density at radius 1 is 1.25 bits per heavy atom. The van der Waals surface area contributed by atoms with E-state index in [0.29, 0.717) is 19.4 Å². The van der Waals surface area contributed by atoms with Crippen molar-refractivity contribution in [3.05, 3.63) is 23.3 Å². The number of aliphatic carboxylic acids is 1. The maximum absolute atomic E-state index is 11.2. The van der Waals surface area contributed by atoms with Gasteiger partial charge in [-0.2, -0.15) is 0 Å². The molecule has 1 fully saturated rings. The third kappa shape index (κ3) is 1.65. The number of aromatic nitrogens is 1. The van der Waals surface area contributed by atoms with Gasteiger partial charge in [-0.1, -0.05) is 26.0 Å². The van der Waals surface area contributed by atoms with Crippen LogP contribution in [0.25, 0.3) is 0 Å². The standard InChI is InChI=1S/C15H19NO4/c1-15(2)10(11(15)14(19)20)7-16-12(17)8-5-3-4-6-9(8)13(16)18/h3-4,10-11,17-18H,5-7H2,1-2H3,(H,19,20). The molecule has 0 bridgehead atoms. The van der Waals surface area contributed by atoms with Crippen molar-refractivity contribution in [2.45, 2.75) is 33.2 Å². The number of allylic oxidation sites excluding steroid dienone is 2. The molecule has 0 amide bonds. The van der Waals surface area contributed by atoms with Crippen molar-refractivity contribution in [1.82, 2.24) is 4.57 Å². The molecule has 2 atom stereocenters. The van der Waals surface area contributed by atoms with Crippen LogP contribution < -0.4 is 0 Å². The van der Waals surface area contributed by atoms with Gasteiger partial charge in [-0.3, -0.25) is 9.36 Å². The normalized spacial score (nSPS) is 26.3. The van der Waals surface area contributed by atoms with Crippen LogP contribution in [0.5, 0.6) is 11.8 Å². The van der Waals surface area contributed by atoms with Crippen LogP contribution >= 0.6 is 0 Å². The summed E-state index contributed by atoms with van der Waals surface area (Å²) in [7, 11) is 0. The van der Waals surface area contributed by atoms with E-state index in [9.17, 15) is 20.1 Å². The summed E-state index contributed by atoms with van der Waals surface area (Å²) in [5.74, 6) is -1.14. The molecule has 20 heavy (non-hydrogen) atoms. The van der Waals surface area contributed by atoms with Gasteiger partial charge < -0.3 is 15.3 Å². The Morgan fingerprint density at radius 2 is 1.75 bits per heavy atom. The number of hydrogen-bond donors (Lipinski definition) is 3. The highest BCUT2D eigenvalue weighted by Crippen LogP contribution is 2.59. The van der Waals surface area contributed by atoms with Crippen molar-refractivity contribution in [3.8, 4) is 11.8 Å². The smallest absolute Gasteiger partial charge is 0.307 e. The predicted molar refractivity (Wildman–Crippen MR) is 72.7 cm³/mol. The zero-order chi connectivity index (χ0) is 14.7. The summed E-state index contributed by atoms with van der Waals surface area (Å²) < 4.78 is 1.47. The van der Waals surface area contributed by atoms with Gasteiger partial charge in [0.25, 0.3) is 0 Å². The maximum Gasteiger partial charge on any atom is 0.307 e. The van der Waals surface area contributed by atoms with Crippen molar-refractivity contribution in [2.75, 3.05) is 0 Å². The number of carboxylic acids is 1. The molecular formula is C15H19NO4. The fourth-order valence-corrected chi connectivity index (χ4v) is 3.47. The third-order valence-electron chi connectivity index (χ3n) is 4.92. The molecule has 0 spiro atoms. The van der Waals surface area contributed by atoms with Crippen LogP contribution in [0.3, 0.4) is 0 Å². The molecule has 1 aromatic heterocycles. The van der Waals surface area contributed by atoms with Gasteiger partial charge in [0.05, 0.1) is 5.92 Å². The molecule has 3 N–H and O–H groups in total. The molecule has 0 aliphatic heterocycles. The lowest BCUT2D eigenvalue weighted by Gasteiger charge is -2.08. The zero-order valence-corrected chi connectivity index (χ0v) is 11.6. The molecular weight excluding hydrogens is 258 g/mol.